The van der Waals surface area contributed by atoms with Crippen molar-refractivity contribution >= 4 is 0 Å². The molecule has 1 unspecified atom stereocenters. The van der Waals surface area contributed by atoms with Gasteiger partial charge in [-0.25, -0.2) is 0 Å². The molecule has 1 aliphatic heterocycles. The average molecular weight is 246 g/mol. The first-order chi connectivity index (χ1) is 8.34. The highest BCUT2D eigenvalue weighted by Crippen LogP contribution is 2.48. The molecule has 0 saturated heterocycles. The van der Waals surface area contributed by atoms with Gasteiger partial charge in [0.2, 0.25) is 0 Å². The maximum Gasteiger partial charge on any atom is 0.0862 e. The standard InChI is InChI=1S/C17H26O/c1-9(2)14-8-11(5)12(6)15-13(7)18-17(10(3)4)16(14)15/h8-10,13,17H,1-7H3/t13-,17?/m0/s1. The Kier molecular flexibility index (Phi) is 3.55. The van der Waals surface area contributed by atoms with Gasteiger partial charge in [-0.3, -0.25) is 0 Å². The molecule has 0 aliphatic carbocycles. The number of fused-ring (bicyclic) bond motifs is 1. The smallest absolute Gasteiger partial charge is 0.0862 e. The number of rotatable bonds is 2. The molecule has 0 saturated carbocycles. The molecule has 1 nitrogen and oxygen atoms in total. The molecule has 0 radical (unpaired) electrons. The van der Waals surface area contributed by atoms with Gasteiger partial charge in [0, 0.05) is 0 Å². The zero-order valence-electron chi connectivity index (χ0n) is 12.8. The lowest BCUT2D eigenvalue weighted by Gasteiger charge is -2.21. The third kappa shape index (κ3) is 1.99. The molecular weight excluding hydrogens is 220 g/mol. The molecule has 0 aromatic heterocycles. The van der Waals surface area contributed by atoms with Crippen molar-refractivity contribution in [1.29, 1.82) is 0 Å². The summed E-state index contributed by atoms with van der Waals surface area (Å²) in [4.78, 5) is 0. The average Bonchev–Trinajstić information content (AvgIpc) is 2.61. The molecule has 1 aromatic rings. The number of ether oxygens (including phenoxy) is 1. The Labute approximate surface area is 112 Å². The summed E-state index contributed by atoms with van der Waals surface area (Å²) >= 11 is 0. The topological polar surface area (TPSA) is 9.23 Å². The van der Waals surface area contributed by atoms with Crippen LogP contribution < -0.4 is 0 Å². The van der Waals surface area contributed by atoms with Gasteiger partial charge in [0.15, 0.2) is 0 Å². The third-order valence-electron chi connectivity index (χ3n) is 4.24. The minimum absolute atomic E-state index is 0.241. The second-order valence-electron chi connectivity index (χ2n) is 6.33. The van der Waals surface area contributed by atoms with E-state index in [4.69, 9.17) is 4.74 Å². The summed E-state index contributed by atoms with van der Waals surface area (Å²) in [6.45, 7) is 15.7. The summed E-state index contributed by atoms with van der Waals surface area (Å²) < 4.78 is 6.22. The molecule has 1 aliphatic rings. The number of hydrogen-bond acceptors (Lipinski definition) is 1. The summed E-state index contributed by atoms with van der Waals surface area (Å²) in [6, 6.07) is 2.37. The molecule has 0 spiro atoms. The minimum Gasteiger partial charge on any atom is -0.366 e. The lowest BCUT2D eigenvalue weighted by atomic mass is 9.83. The molecule has 0 amide bonds. The first kappa shape index (κ1) is 13.6. The van der Waals surface area contributed by atoms with Crippen LogP contribution in [0.1, 0.15) is 80.6 Å². The number of hydrogen-bond donors (Lipinski definition) is 0. The predicted molar refractivity (Wildman–Crippen MR) is 77.1 cm³/mol. The fourth-order valence-electron chi connectivity index (χ4n) is 3.15. The second-order valence-corrected chi connectivity index (χ2v) is 6.33. The van der Waals surface area contributed by atoms with Crippen LogP contribution in [-0.4, -0.2) is 0 Å². The highest BCUT2D eigenvalue weighted by molar-refractivity contribution is 5.50. The molecule has 0 bridgehead atoms. The Morgan fingerprint density at radius 3 is 2.17 bits per heavy atom. The van der Waals surface area contributed by atoms with Crippen LogP contribution in [0.3, 0.4) is 0 Å². The molecule has 2 rings (SSSR count). The minimum atomic E-state index is 0.241. The van der Waals surface area contributed by atoms with Gasteiger partial charge in [0.05, 0.1) is 12.2 Å². The zero-order chi connectivity index (χ0) is 13.6. The summed E-state index contributed by atoms with van der Waals surface area (Å²) in [5.74, 6) is 1.10. The quantitative estimate of drug-likeness (QED) is 0.695. The van der Waals surface area contributed by atoms with Gasteiger partial charge in [-0.1, -0.05) is 33.8 Å². The van der Waals surface area contributed by atoms with Crippen molar-refractivity contribution in [2.75, 3.05) is 0 Å². The number of benzene rings is 1. The van der Waals surface area contributed by atoms with E-state index in [1.165, 1.54) is 27.8 Å². The van der Waals surface area contributed by atoms with E-state index in [-0.39, 0.29) is 12.2 Å². The Morgan fingerprint density at radius 2 is 1.67 bits per heavy atom. The van der Waals surface area contributed by atoms with Crippen LogP contribution in [0.25, 0.3) is 0 Å². The van der Waals surface area contributed by atoms with Gasteiger partial charge in [-0.15, -0.1) is 0 Å². The maximum absolute atomic E-state index is 6.22. The Bertz CT molecular complexity index is 457. The largest absolute Gasteiger partial charge is 0.366 e. The van der Waals surface area contributed by atoms with Crippen molar-refractivity contribution < 1.29 is 4.74 Å². The van der Waals surface area contributed by atoms with Gasteiger partial charge >= 0.3 is 0 Å². The van der Waals surface area contributed by atoms with E-state index in [1.807, 2.05) is 0 Å². The first-order valence-corrected chi connectivity index (χ1v) is 7.13. The van der Waals surface area contributed by atoms with Gasteiger partial charge in [0.25, 0.3) is 0 Å². The summed E-state index contributed by atoms with van der Waals surface area (Å²) in [6.07, 6.45) is 0.511. The van der Waals surface area contributed by atoms with Crippen molar-refractivity contribution in [3.63, 3.8) is 0 Å². The molecule has 0 N–H and O–H groups in total. The summed E-state index contributed by atoms with van der Waals surface area (Å²) in [5, 5.41) is 0. The monoisotopic (exact) mass is 246 g/mol. The van der Waals surface area contributed by atoms with E-state index >= 15 is 0 Å². The van der Waals surface area contributed by atoms with Crippen LogP contribution in [0, 0.1) is 19.8 Å². The van der Waals surface area contributed by atoms with Gasteiger partial charge in [-0.2, -0.15) is 0 Å². The SMILES string of the molecule is Cc1cc(C(C)C)c2c(c1C)[C@H](C)OC2C(C)C. The highest BCUT2D eigenvalue weighted by atomic mass is 16.5. The molecule has 1 heterocycles. The van der Waals surface area contributed by atoms with Gasteiger partial charge in [0.1, 0.15) is 0 Å². The fraction of sp³-hybridized carbons (Fsp3) is 0.647. The van der Waals surface area contributed by atoms with Crippen molar-refractivity contribution in [3.05, 3.63) is 33.9 Å². The molecule has 2 atom stereocenters. The van der Waals surface area contributed by atoms with Crippen molar-refractivity contribution in [2.24, 2.45) is 5.92 Å². The molecule has 0 fully saturated rings. The first-order valence-electron chi connectivity index (χ1n) is 7.13. The molecule has 1 heteroatoms. The fourth-order valence-corrected chi connectivity index (χ4v) is 3.15. The van der Waals surface area contributed by atoms with E-state index in [0.29, 0.717) is 11.8 Å². The van der Waals surface area contributed by atoms with Gasteiger partial charge < -0.3 is 4.74 Å². The van der Waals surface area contributed by atoms with E-state index in [9.17, 15) is 0 Å². The Balaban J connectivity index is 2.70. The lowest BCUT2D eigenvalue weighted by molar-refractivity contribution is -0.00501. The molecule has 100 valence electrons. The molecule has 18 heavy (non-hydrogen) atoms. The van der Waals surface area contributed by atoms with E-state index < -0.39 is 0 Å². The summed E-state index contributed by atoms with van der Waals surface area (Å²) in [5.41, 5.74) is 7.24. The Morgan fingerprint density at radius 1 is 1.06 bits per heavy atom. The third-order valence-corrected chi connectivity index (χ3v) is 4.24. The van der Waals surface area contributed by atoms with Crippen molar-refractivity contribution in [2.45, 2.75) is 66.6 Å². The van der Waals surface area contributed by atoms with Crippen LogP contribution in [0.4, 0.5) is 0 Å². The summed E-state index contributed by atoms with van der Waals surface area (Å²) in [7, 11) is 0. The van der Waals surface area contributed by atoms with Crippen LogP contribution in [0.2, 0.25) is 0 Å². The Hall–Kier alpha value is -0.820. The van der Waals surface area contributed by atoms with Gasteiger partial charge in [-0.05, 0) is 60.4 Å². The zero-order valence-corrected chi connectivity index (χ0v) is 12.8. The number of aryl methyl sites for hydroxylation is 1. The molecule has 1 aromatic carbocycles. The normalized spacial score (nSPS) is 22.9. The van der Waals surface area contributed by atoms with E-state index in [2.05, 4.69) is 54.5 Å². The van der Waals surface area contributed by atoms with Crippen LogP contribution >= 0.6 is 0 Å². The molecular formula is C17H26O. The van der Waals surface area contributed by atoms with Crippen molar-refractivity contribution in [1.82, 2.24) is 0 Å². The maximum atomic E-state index is 6.22. The van der Waals surface area contributed by atoms with Crippen LogP contribution in [-0.2, 0) is 4.74 Å². The van der Waals surface area contributed by atoms with E-state index in [0.717, 1.165) is 0 Å². The lowest BCUT2D eigenvalue weighted by Crippen LogP contribution is -2.09. The van der Waals surface area contributed by atoms with Crippen LogP contribution in [0.5, 0.6) is 0 Å². The van der Waals surface area contributed by atoms with E-state index in [1.54, 1.807) is 0 Å². The van der Waals surface area contributed by atoms with Crippen molar-refractivity contribution in [3.8, 4) is 0 Å². The highest BCUT2D eigenvalue weighted by Gasteiger charge is 2.35. The second kappa shape index (κ2) is 4.70. The predicted octanol–water partition coefficient (Wildman–Crippen LogP) is 5.22. The van der Waals surface area contributed by atoms with Crippen LogP contribution in [0.15, 0.2) is 6.07 Å².